The number of hydrogen-bond donors (Lipinski definition) is 1. The van der Waals surface area contributed by atoms with Gasteiger partial charge in [0.1, 0.15) is 0 Å². The lowest BCUT2D eigenvalue weighted by atomic mass is 10.2. The zero-order valence-electron chi connectivity index (χ0n) is 14.5. The summed E-state index contributed by atoms with van der Waals surface area (Å²) in [5.74, 6) is 1.03. The Morgan fingerprint density at radius 1 is 1.09 bits per heavy atom. The van der Waals surface area contributed by atoms with Crippen molar-refractivity contribution in [2.45, 2.75) is 19.3 Å². The number of hydrogen-bond acceptors (Lipinski definition) is 3. The maximum Gasteiger partial charge on any atom is 0.193 e. The number of benzene rings is 1. The fraction of sp³-hybridized carbons (Fsp3) is 0.611. The van der Waals surface area contributed by atoms with Crippen LogP contribution in [-0.4, -0.2) is 64.3 Å². The van der Waals surface area contributed by atoms with Crippen LogP contribution in [0.2, 0.25) is 0 Å². The van der Waals surface area contributed by atoms with Gasteiger partial charge in [-0.15, -0.1) is 0 Å². The first-order valence-corrected chi connectivity index (χ1v) is 8.59. The molecule has 23 heavy (non-hydrogen) atoms. The van der Waals surface area contributed by atoms with Crippen LogP contribution in [0.1, 0.15) is 19.3 Å². The maximum absolute atomic E-state index is 5.08. The number of unbranched alkanes of at least 4 members (excludes halogenated alkanes) is 2. The first kappa shape index (κ1) is 17.6. The lowest BCUT2D eigenvalue weighted by Crippen LogP contribution is -2.52. The monoisotopic (exact) mass is 318 g/mol. The van der Waals surface area contributed by atoms with Crippen LogP contribution in [0.15, 0.2) is 35.3 Å². The maximum atomic E-state index is 5.08. The molecule has 0 saturated carbocycles. The zero-order chi connectivity index (χ0) is 16.3. The first-order chi connectivity index (χ1) is 11.3. The van der Waals surface area contributed by atoms with Gasteiger partial charge in [0.05, 0.1) is 0 Å². The van der Waals surface area contributed by atoms with Crippen molar-refractivity contribution in [2.24, 2.45) is 4.99 Å². The van der Waals surface area contributed by atoms with Gasteiger partial charge in [0.15, 0.2) is 5.96 Å². The standard InChI is InChI=1S/C18H30N4O/c1-19-18(20-11-7-4-8-16-23-2)22-14-12-21(13-15-22)17-9-5-3-6-10-17/h3,5-6,9-10H,4,7-8,11-16H2,1-2H3,(H,19,20). The van der Waals surface area contributed by atoms with Crippen molar-refractivity contribution in [3.05, 3.63) is 30.3 Å². The van der Waals surface area contributed by atoms with Crippen molar-refractivity contribution in [1.82, 2.24) is 10.2 Å². The number of nitrogens with one attached hydrogen (secondary N) is 1. The second-order valence-corrected chi connectivity index (χ2v) is 5.84. The average Bonchev–Trinajstić information content (AvgIpc) is 2.62. The topological polar surface area (TPSA) is 40.1 Å². The molecule has 0 unspecified atom stereocenters. The minimum atomic E-state index is 0.857. The van der Waals surface area contributed by atoms with E-state index in [2.05, 4.69) is 50.4 Å². The van der Waals surface area contributed by atoms with E-state index < -0.39 is 0 Å². The third kappa shape index (κ3) is 5.75. The normalized spacial score (nSPS) is 15.8. The Hall–Kier alpha value is -1.75. The predicted octanol–water partition coefficient (Wildman–Crippen LogP) is 2.20. The zero-order valence-corrected chi connectivity index (χ0v) is 14.5. The highest BCUT2D eigenvalue weighted by Gasteiger charge is 2.19. The van der Waals surface area contributed by atoms with Crippen LogP contribution in [-0.2, 0) is 4.74 Å². The Morgan fingerprint density at radius 3 is 2.48 bits per heavy atom. The van der Waals surface area contributed by atoms with Gasteiger partial charge in [0.25, 0.3) is 0 Å². The van der Waals surface area contributed by atoms with E-state index in [0.29, 0.717) is 0 Å². The van der Waals surface area contributed by atoms with Crippen molar-refractivity contribution >= 4 is 11.6 Å². The molecular formula is C18H30N4O. The minimum absolute atomic E-state index is 0.857. The third-order valence-electron chi connectivity index (χ3n) is 4.22. The van der Waals surface area contributed by atoms with E-state index in [4.69, 9.17) is 4.74 Å². The van der Waals surface area contributed by atoms with Crippen molar-refractivity contribution < 1.29 is 4.74 Å². The summed E-state index contributed by atoms with van der Waals surface area (Å²) in [5.41, 5.74) is 1.31. The predicted molar refractivity (Wildman–Crippen MR) is 97.3 cm³/mol. The molecule has 0 aliphatic carbocycles. The van der Waals surface area contributed by atoms with Crippen LogP contribution < -0.4 is 10.2 Å². The molecule has 0 aromatic heterocycles. The summed E-state index contributed by atoms with van der Waals surface area (Å²) in [7, 11) is 3.63. The number of methoxy groups -OCH3 is 1. The summed E-state index contributed by atoms with van der Waals surface area (Å²) >= 11 is 0. The molecule has 5 heteroatoms. The number of anilines is 1. The Labute approximate surface area is 140 Å². The van der Waals surface area contributed by atoms with E-state index in [1.54, 1.807) is 7.11 Å². The summed E-state index contributed by atoms with van der Waals surface area (Å²) in [6.07, 6.45) is 3.48. The van der Waals surface area contributed by atoms with Gasteiger partial charge >= 0.3 is 0 Å². The van der Waals surface area contributed by atoms with Crippen LogP contribution in [0, 0.1) is 0 Å². The smallest absolute Gasteiger partial charge is 0.193 e. The summed E-state index contributed by atoms with van der Waals surface area (Å²) < 4.78 is 5.08. The Balaban J connectivity index is 1.70. The van der Waals surface area contributed by atoms with Gasteiger partial charge in [-0.05, 0) is 31.4 Å². The number of rotatable bonds is 7. The summed E-state index contributed by atoms with van der Waals surface area (Å²) in [6.45, 7) is 5.94. The lowest BCUT2D eigenvalue weighted by molar-refractivity contribution is 0.192. The van der Waals surface area contributed by atoms with Gasteiger partial charge in [-0.25, -0.2) is 0 Å². The Kier molecular flexibility index (Phi) is 7.73. The molecule has 1 aliphatic rings. The first-order valence-electron chi connectivity index (χ1n) is 8.59. The lowest BCUT2D eigenvalue weighted by Gasteiger charge is -2.37. The highest BCUT2D eigenvalue weighted by Crippen LogP contribution is 2.15. The van der Waals surface area contributed by atoms with Crippen molar-refractivity contribution in [3.63, 3.8) is 0 Å². The van der Waals surface area contributed by atoms with Crippen molar-refractivity contribution in [1.29, 1.82) is 0 Å². The highest BCUT2D eigenvalue weighted by atomic mass is 16.5. The molecule has 1 N–H and O–H groups in total. The van der Waals surface area contributed by atoms with Crippen LogP contribution in [0.3, 0.4) is 0 Å². The molecule has 1 saturated heterocycles. The number of para-hydroxylation sites is 1. The summed E-state index contributed by atoms with van der Waals surface area (Å²) in [4.78, 5) is 9.23. The van der Waals surface area contributed by atoms with Gasteiger partial charge in [-0.3, -0.25) is 4.99 Å². The number of nitrogens with zero attached hydrogens (tertiary/aromatic N) is 3. The largest absolute Gasteiger partial charge is 0.385 e. The van der Waals surface area contributed by atoms with Gasteiger partial charge in [-0.1, -0.05) is 18.2 Å². The van der Waals surface area contributed by atoms with Gasteiger partial charge in [0, 0.05) is 59.2 Å². The fourth-order valence-corrected chi connectivity index (χ4v) is 2.90. The average molecular weight is 318 g/mol. The fourth-order valence-electron chi connectivity index (χ4n) is 2.90. The highest BCUT2D eigenvalue weighted by molar-refractivity contribution is 5.80. The van der Waals surface area contributed by atoms with E-state index in [1.807, 2.05) is 7.05 Å². The van der Waals surface area contributed by atoms with Gasteiger partial charge in [-0.2, -0.15) is 0 Å². The molecule has 0 spiro atoms. The van der Waals surface area contributed by atoms with Crippen molar-refractivity contribution in [3.8, 4) is 0 Å². The number of ether oxygens (including phenoxy) is 1. The molecule has 1 aromatic carbocycles. The van der Waals surface area contributed by atoms with E-state index in [0.717, 1.165) is 58.1 Å². The second kappa shape index (κ2) is 10.1. The molecule has 1 aliphatic heterocycles. The summed E-state index contributed by atoms with van der Waals surface area (Å²) in [5, 5.41) is 3.49. The quantitative estimate of drug-likeness (QED) is 0.475. The number of aliphatic imine (C=N–C) groups is 1. The Morgan fingerprint density at radius 2 is 1.83 bits per heavy atom. The molecule has 0 radical (unpaired) electrons. The third-order valence-corrected chi connectivity index (χ3v) is 4.22. The van der Waals surface area contributed by atoms with Gasteiger partial charge in [0.2, 0.25) is 0 Å². The van der Waals surface area contributed by atoms with E-state index in [9.17, 15) is 0 Å². The SMILES string of the molecule is CN=C(NCCCCCOC)N1CCN(c2ccccc2)CC1. The molecule has 0 amide bonds. The molecule has 128 valence electrons. The number of piperazine rings is 1. The summed E-state index contributed by atoms with van der Waals surface area (Å²) in [6, 6.07) is 10.6. The van der Waals surface area contributed by atoms with Crippen LogP contribution in [0.4, 0.5) is 5.69 Å². The van der Waals surface area contributed by atoms with Crippen LogP contribution in [0.5, 0.6) is 0 Å². The molecule has 1 aromatic rings. The van der Waals surface area contributed by atoms with Gasteiger partial charge < -0.3 is 19.9 Å². The van der Waals surface area contributed by atoms with E-state index in [-0.39, 0.29) is 0 Å². The molecule has 0 bridgehead atoms. The molecule has 0 atom stereocenters. The molecule has 1 fully saturated rings. The molecule has 5 nitrogen and oxygen atoms in total. The van der Waals surface area contributed by atoms with E-state index in [1.165, 1.54) is 12.1 Å². The van der Waals surface area contributed by atoms with Crippen LogP contribution in [0.25, 0.3) is 0 Å². The molecular weight excluding hydrogens is 288 g/mol. The van der Waals surface area contributed by atoms with E-state index >= 15 is 0 Å². The van der Waals surface area contributed by atoms with Crippen LogP contribution >= 0.6 is 0 Å². The number of guanidine groups is 1. The minimum Gasteiger partial charge on any atom is -0.385 e. The second-order valence-electron chi connectivity index (χ2n) is 5.84. The van der Waals surface area contributed by atoms with Crippen molar-refractivity contribution in [2.75, 3.05) is 58.4 Å². The Bertz CT molecular complexity index is 455. The molecule has 1 heterocycles. The molecule has 2 rings (SSSR count).